The van der Waals surface area contributed by atoms with Crippen LogP contribution in [0.25, 0.3) is 0 Å². The van der Waals surface area contributed by atoms with E-state index in [4.69, 9.17) is 0 Å². The Morgan fingerprint density at radius 2 is 1.71 bits per heavy atom. The predicted octanol–water partition coefficient (Wildman–Crippen LogP) is 5.17. The van der Waals surface area contributed by atoms with E-state index in [1.54, 1.807) is 46.2 Å². The Hall–Kier alpha value is -3.87. The van der Waals surface area contributed by atoms with Gasteiger partial charge in [-0.15, -0.1) is 0 Å². The lowest BCUT2D eigenvalue weighted by atomic mass is 9.62. The van der Waals surface area contributed by atoms with Crippen LogP contribution in [0.2, 0.25) is 0 Å². The molecule has 2 atom stereocenters. The number of hydrogen-bond donors (Lipinski definition) is 2. The number of carbonyl (C=O) groups is 2. The lowest BCUT2D eigenvalue weighted by Crippen LogP contribution is -2.67. The van der Waals surface area contributed by atoms with E-state index in [2.05, 4.69) is 5.32 Å². The summed E-state index contributed by atoms with van der Waals surface area (Å²) in [6, 6.07) is 22.1. The number of rotatable bonds is 4. The molecule has 5 rings (SSSR count). The molecule has 3 aromatic rings. The Morgan fingerprint density at radius 1 is 1.03 bits per heavy atom. The van der Waals surface area contributed by atoms with Gasteiger partial charge >= 0.3 is 6.03 Å². The van der Waals surface area contributed by atoms with Crippen molar-refractivity contribution in [2.45, 2.75) is 31.8 Å². The zero-order valence-corrected chi connectivity index (χ0v) is 19.5. The van der Waals surface area contributed by atoms with Crippen molar-refractivity contribution in [2.24, 2.45) is 5.41 Å². The molecule has 2 fully saturated rings. The molecule has 2 saturated heterocycles. The van der Waals surface area contributed by atoms with E-state index < -0.39 is 11.2 Å². The fourth-order valence-corrected chi connectivity index (χ4v) is 5.37. The molecule has 0 saturated carbocycles. The van der Waals surface area contributed by atoms with Crippen LogP contribution in [0.15, 0.2) is 78.9 Å². The first-order valence-corrected chi connectivity index (χ1v) is 11.9. The van der Waals surface area contributed by atoms with Crippen molar-refractivity contribution in [1.29, 1.82) is 0 Å². The van der Waals surface area contributed by atoms with Crippen molar-refractivity contribution in [2.75, 3.05) is 18.0 Å². The molecule has 1 spiro atoms. The van der Waals surface area contributed by atoms with Gasteiger partial charge in [0.25, 0.3) is 0 Å². The zero-order chi connectivity index (χ0) is 24.6. The number of amides is 3. The monoisotopic (exact) mass is 473 g/mol. The predicted molar refractivity (Wildman–Crippen MR) is 131 cm³/mol. The molecule has 0 bridgehead atoms. The number of anilines is 1. The van der Waals surface area contributed by atoms with Crippen molar-refractivity contribution >= 4 is 17.6 Å². The van der Waals surface area contributed by atoms with Gasteiger partial charge in [0.1, 0.15) is 11.6 Å². The van der Waals surface area contributed by atoms with Gasteiger partial charge in [0.15, 0.2) is 0 Å². The van der Waals surface area contributed by atoms with E-state index in [1.165, 1.54) is 12.1 Å². The van der Waals surface area contributed by atoms with Crippen LogP contribution in [0.5, 0.6) is 5.75 Å². The molecule has 2 heterocycles. The van der Waals surface area contributed by atoms with Crippen molar-refractivity contribution in [3.05, 3.63) is 95.8 Å². The molecule has 3 aromatic carbocycles. The molecule has 2 aliphatic rings. The molecular formula is C28H28FN3O3. The van der Waals surface area contributed by atoms with Crippen molar-refractivity contribution in [1.82, 2.24) is 10.2 Å². The van der Waals surface area contributed by atoms with Crippen LogP contribution in [0.3, 0.4) is 0 Å². The first-order chi connectivity index (χ1) is 16.9. The van der Waals surface area contributed by atoms with Gasteiger partial charge in [-0.2, -0.15) is 0 Å². The maximum absolute atomic E-state index is 14.0. The quantitative estimate of drug-likeness (QED) is 0.514. The van der Waals surface area contributed by atoms with Gasteiger partial charge in [0.2, 0.25) is 5.91 Å². The van der Waals surface area contributed by atoms with Crippen LogP contribution < -0.4 is 10.2 Å². The summed E-state index contributed by atoms with van der Waals surface area (Å²) in [7, 11) is 0. The second-order valence-corrected chi connectivity index (χ2v) is 9.37. The maximum atomic E-state index is 14.0. The first kappa shape index (κ1) is 22.9. The summed E-state index contributed by atoms with van der Waals surface area (Å²) in [6.45, 7) is 2.85. The van der Waals surface area contributed by atoms with E-state index in [1.807, 2.05) is 37.3 Å². The second-order valence-electron chi connectivity index (χ2n) is 9.37. The summed E-state index contributed by atoms with van der Waals surface area (Å²) in [6.07, 6.45) is 1.02. The number of phenolic OH excluding ortho intramolecular Hbond substituents is 1. The molecule has 0 aromatic heterocycles. The largest absolute Gasteiger partial charge is 0.508 e. The average Bonchev–Trinajstić information content (AvgIpc) is 2.88. The summed E-state index contributed by atoms with van der Waals surface area (Å²) in [5.41, 5.74) is 1.74. The molecule has 3 amide bonds. The Kier molecular flexibility index (Phi) is 5.93. The normalized spacial score (nSPS) is 19.8. The number of nitrogens with zero attached hydrogens (tertiary/aromatic N) is 2. The minimum Gasteiger partial charge on any atom is -0.508 e. The summed E-state index contributed by atoms with van der Waals surface area (Å²) in [4.78, 5) is 29.9. The fourth-order valence-electron chi connectivity index (χ4n) is 5.37. The van der Waals surface area contributed by atoms with E-state index in [0.717, 1.165) is 11.1 Å². The smallest absolute Gasteiger partial charge is 0.317 e. The minimum absolute atomic E-state index is 0.0566. The Bertz CT molecular complexity index is 1220. The molecule has 0 radical (unpaired) electrons. The topological polar surface area (TPSA) is 72.9 Å². The number of β-lactam (4-membered cyclic amide) rings is 1. The third-order valence-corrected chi connectivity index (χ3v) is 7.30. The van der Waals surface area contributed by atoms with Crippen molar-refractivity contribution < 1.29 is 19.1 Å². The van der Waals surface area contributed by atoms with Gasteiger partial charge in [-0.25, -0.2) is 9.18 Å². The summed E-state index contributed by atoms with van der Waals surface area (Å²) in [5, 5.41) is 12.8. The molecule has 2 aliphatic heterocycles. The molecule has 1 unspecified atom stereocenters. The fraction of sp³-hybridized carbons (Fsp3) is 0.286. The SMILES string of the molecule is C[C@H](NC(=O)N1CCC2(CC1)C(=O)N(c1cccc(F)c1)C2c1ccc(O)cc1)c1ccccc1. The first-order valence-electron chi connectivity index (χ1n) is 11.9. The summed E-state index contributed by atoms with van der Waals surface area (Å²) >= 11 is 0. The zero-order valence-electron chi connectivity index (χ0n) is 19.5. The number of phenols is 1. The third-order valence-electron chi connectivity index (χ3n) is 7.30. The van der Waals surface area contributed by atoms with E-state index in [0.29, 0.717) is 31.6 Å². The van der Waals surface area contributed by atoms with Crippen LogP contribution in [0.1, 0.15) is 43.0 Å². The minimum atomic E-state index is -0.675. The number of nitrogens with one attached hydrogen (secondary N) is 1. The van der Waals surface area contributed by atoms with Gasteiger partial charge in [-0.1, -0.05) is 48.5 Å². The van der Waals surface area contributed by atoms with Gasteiger partial charge in [-0.05, 0) is 61.2 Å². The number of piperidine rings is 1. The van der Waals surface area contributed by atoms with Crippen LogP contribution in [0, 0.1) is 11.2 Å². The van der Waals surface area contributed by atoms with E-state index in [-0.39, 0.29) is 29.8 Å². The molecule has 7 heteroatoms. The average molecular weight is 474 g/mol. The van der Waals surface area contributed by atoms with Crippen molar-refractivity contribution in [3.8, 4) is 5.75 Å². The van der Waals surface area contributed by atoms with Crippen molar-refractivity contribution in [3.63, 3.8) is 0 Å². The standard InChI is InChI=1S/C28H28FN3O3/c1-19(20-6-3-2-4-7-20)30-27(35)31-16-14-28(15-17-31)25(21-10-12-24(33)13-11-21)32(26(28)34)23-9-5-8-22(29)18-23/h2-13,18-19,25,33H,14-17H2,1H3,(H,30,35)/t19-,25?/m0/s1. The molecule has 0 aliphatic carbocycles. The van der Waals surface area contributed by atoms with Crippen LogP contribution in [0.4, 0.5) is 14.9 Å². The van der Waals surface area contributed by atoms with Crippen LogP contribution in [-0.2, 0) is 4.79 Å². The number of benzene rings is 3. The highest BCUT2D eigenvalue weighted by Gasteiger charge is 2.62. The number of aromatic hydroxyl groups is 1. The highest BCUT2D eigenvalue weighted by atomic mass is 19.1. The number of likely N-dealkylation sites (tertiary alicyclic amines) is 1. The molecule has 6 nitrogen and oxygen atoms in total. The summed E-state index contributed by atoms with van der Waals surface area (Å²) in [5.74, 6) is -0.316. The number of carbonyl (C=O) groups excluding carboxylic acids is 2. The Labute approximate surface area is 204 Å². The van der Waals surface area contributed by atoms with Gasteiger partial charge in [-0.3, -0.25) is 4.79 Å². The van der Waals surface area contributed by atoms with Gasteiger partial charge in [0, 0.05) is 18.8 Å². The molecule has 35 heavy (non-hydrogen) atoms. The number of urea groups is 1. The molecular weight excluding hydrogens is 445 g/mol. The summed E-state index contributed by atoms with van der Waals surface area (Å²) < 4.78 is 14.0. The third kappa shape index (κ3) is 4.11. The Balaban J connectivity index is 1.35. The van der Waals surface area contributed by atoms with Gasteiger partial charge < -0.3 is 20.2 Å². The highest BCUT2D eigenvalue weighted by Crippen LogP contribution is 2.57. The maximum Gasteiger partial charge on any atom is 0.317 e. The lowest BCUT2D eigenvalue weighted by Gasteiger charge is -2.59. The van der Waals surface area contributed by atoms with E-state index in [9.17, 15) is 19.1 Å². The lowest BCUT2D eigenvalue weighted by molar-refractivity contribution is -0.144. The molecule has 180 valence electrons. The highest BCUT2D eigenvalue weighted by molar-refractivity contribution is 6.06. The number of hydrogen-bond acceptors (Lipinski definition) is 3. The van der Waals surface area contributed by atoms with E-state index >= 15 is 0 Å². The molecule has 2 N–H and O–H groups in total. The number of halogens is 1. The van der Waals surface area contributed by atoms with Gasteiger partial charge in [0.05, 0.1) is 17.5 Å². The Morgan fingerprint density at radius 3 is 2.37 bits per heavy atom. The van der Waals surface area contributed by atoms with Crippen LogP contribution in [-0.4, -0.2) is 35.0 Å². The second kappa shape index (κ2) is 9.06. The van der Waals surface area contributed by atoms with Crippen LogP contribution >= 0.6 is 0 Å².